The Morgan fingerprint density at radius 2 is 1.45 bits per heavy atom. The minimum Gasteiger partial charge on any atom is -0.375 e. The van der Waals surface area contributed by atoms with Crippen molar-refractivity contribution in [1.82, 2.24) is 4.90 Å². The Morgan fingerprint density at radius 1 is 0.903 bits per heavy atom. The van der Waals surface area contributed by atoms with E-state index in [9.17, 15) is 13.2 Å². The van der Waals surface area contributed by atoms with Crippen LogP contribution >= 0.6 is 11.6 Å². The van der Waals surface area contributed by atoms with Crippen LogP contribution in [0, 0.1) is 5.92 Å². The Labute approximate surface area is 188 Å². The predicted octanol–water partition coefficient (Wildman–Crippen LogP) is 7.84. The van der Waals surface area contributed by atoms with Crippen LogP contribution in [0.25, 0.3) is 0 Å². The van der Waals surface area contributed by atoms with Crippen molar-refractivity contribution in [1.29, 1.82) is 0 Å². The summed E-state index contributed by atoms with van der Waals surface area (Å²) in [6, 6.07) is 13.7. The summed E-state index contributed by atoms with van der Waals surface area (Å²) in [5.74, 6) is 0.304. The van der Waals surface area contributed by atoms with Crippen LogP contribution in [0.3, 0.4) is 0 Å². The number of hydrogen-bond donors (Lipinski definition) is 0. The van der Waals surface area contributed by atoms with Gasteiger partial charge < -0.3 is 4.90 Å². The Hall–Kier alpha value is -1.94. The number of halogens is 4. The highest BCUT2D eigenvalue weighted by Gasteiger charge is 2.38. The van der Waals surface area contributed by atoms with Crippen molar-refractivity contribution >= 4 is 11.6 Å². The van der Waals surface area contributed by atoms with Crippen LogP contribution in [0.5, 0.6) is 0 Å². The minimum absolute atomic E-state index is 0.228. The Bertz CT molecular complexity index is 920. The molecule has 1 nitrogen and oxygen atoms in total. The quantitative estimate of drug-likeness (QED) is 0.449. The Balaban J connectivity index is 1.71. The van der Waals surface area contributed by atoms with Crippen LogP contribution < -0.4 is 0 Å². The third-order valence-electron chi connectivity index (χ3n) is 7.12. The van der Waals surface area contributed by atoms with E-state index in [4.69, 9.17) is 11.6 Å². The summed E-state index contributed by atoms with van der Waals surface area (Å²) in [5.41, 5.74) is 1.84. The van der Waals surface area contributed by atoms with E-state index < -0.39 is 11.7 Å². The van der Waals surface area contributed by atoms with Gasteiger partial charge in [0.1, 0.15) is 0 Å². The van der Waals surface area contributed by atoms with Gasteiger partial charge in [0, 0.05) is 29.2 Å². The molecule has 0 aliphatic carbocycles. The lowest BCUT2D eigenvalue weighted by Crippen LogP contribution is -2.43. The zero-order chi connectivity index (χ0) is 23.0. The maximum Gasteiger partial charge on any atom is 0.416 e. The standard InChI is InChI=1S/C26H31ClF3N/c1-18(24(2,3)19-9-11-23(27)12-10-19)31-15-13-20(14-16-31)25(4,5)21-7-6-8-22(17-21)26(28,29)30/h6-12,17,20H,1,13-16H2,2-5H3. The lowest BCUT2D eigenvalue weighted by atomic mass is 9.69. The molecule has 1 aliphatic heterocycles. The molecule has 0 amide bonds. The second kappa shape index (κ2) is 8.54. The third kappa shape index (κ3) is 4.95. The largest absolute Gasteiger partial charge is 0.416 e. The summed E-state index contributed by atoms with van der Waals surface area (Å²) in [6.45, 7) is 14.6. The third-order valence-corrected chi connectivity index (χ3v) is 7.37. The van der Waals surface area contributed by atoms with Gasteiger partial charge in [-0.1, -0.05) is 76.2 Å². The van der Waals surface area contributed by atoms with Gasteiger partial charge >= 0.3 is 6.18 Å². The number of rotatable bonds is 5. The van der Waals surface area contributed by atoms with Crippen LogP contribution in [-0.2, 0) is 17.0 Å². The zero-order valence-corrected chi connectivity index (χ0v) is 19.4. The van der Waals surface area contributed by atoms with Crippen LogP contribution in [-0.4, -0.2) is 18.0 Å². The molecule has 0 bridgehead atoms. The molecule has 168 valence electrons. The molecule has 0 spiro atoms. The molecular formula is C26H31ClF3N. The van der Waals surface area contributed by atoms with Gasteiger partial charge in [0.25, 0.3) is 0 Å². The summed E-state index contributed by atoms with van der Waals surface area (Å²) in [6.07, 6.45) is -2.49. The number of likely N-dealkylation sites (tertiary alicyclic amines) is 1. The molecule has 1 saturated heterocycles. The lowest BCUT2D eigenvalue weighted by Gasteiger charge is -2.45. The maximum atomic E-state index is 13.2. The van der Waals surface area contributed by atoms with E-state index in [1.54, 1.807) is 0 Å². The average Bonchev–Trinajstić information content (AvgIpc) is 2.73. The predicted molar refractivity (Wildman–Crippen MR) is 122 cm³/mol. The van der Waals surface area contributed by atoms with Crippen LogP contribution in [0.15, 0.2) is 60.8 Å². The van der Waals surface area contributed by atoms with Crippen molar-refractivity contribution < 1.29 is 13.2 Å². The molecule has 0 aromatic heterocycles. The molecule has 1 fully saturated rings. The minimum atomic E-state index is -4.32. The van der Waals surface area contributed by atoms with Gasteiger partial charge in [0.05, 0.1) is 5.56 Å². The summed E-state index contributed by atoms with van der Waals surface area (Å²) in [7, 11) is 0. The average molecular weight is 450 g/mol. The van der Waals surface area contributed by atoms with Crippen molar-refractivity contribution in [3.8, 4) is 0 Å². The molecule has 0 saturated carbocycles. The summed E-state index contributed by atoms with van der Waals surface area (Å²) in [4.78, 5) is 2.33. The van der Waals surface area contributed by atoms with E-state index in [1.165, 1.54) is 12.1 Å². The van der Waals surface area contributed by atoms with Crippen LogP contribution in [0.4, 0.5) is 13.2 Å². The smallest absolute Gasteiger partial charge is 0.375 e. The van der Waals surface area contributed by atoms with Crippen LogP contribution in [0.2, 0.25) is 5.02 Å². The first-order chi connectivity index (χ1) is 14.3. The second-order valence-electron chi connectivity index (χ2n) is 9.64. The van der Waals surface area contributed by atoms with Gasteiger partial charge in [-0.25, -0.2) is 0 Å². The molecule has 5 heteroatoms. The fourth-order valence-electron chi connectivity index (χ4n) is 4.63. The molecule has 3 rings (SSSR count). The molecule has 1 heterocycles. The first-order valence-electron chi connectivity index (χ1n) is 10.7. The fraction of sp³-hybridized carbons (Fsp3) is 0.462. The van der Waals surface area contributed by atoms with E-state index in [-0.39, 0.29) is 10.8 Å². The van der Waals surface area contributed by atoms with Crippen molar-refractivity contribution in [2.24, 2.45) is 5.92 Å². The number of nitrogens with zero attached hydrogens (tertiary/aromatic N) is 1. The fourth-order valence-corrected chi connectivity index (χ4v) is 4.76. The van der Waals surface area contributed by atoms with Crippen molar-refractivity contribution in [3.05, 3.63) is 82.5 Å². The molecule has 2 aromatic rings. The lowest BCUT2D eigenvalue weighted by molar-refractivity contribution is -0.137. The number of hydrogen-bond acceptors (Lipinski definition) is 1. The highest BCUT2D eigenvalue weighted by atomic mass is 35.5. The van der Waals surface area contributed by atoms with Gasteiger partial charge in [0.15, 0.2) is 0 Å². The molecular weight excluding hydrogens is 419 g/mol. The molecule has 0 radical (unpaired) electrons. The number of allylic oxidation sites excluding steroid dienone is 1. The van der Waals surface area contributed by atoms with E-state index >= 15 is 0 Å². The molecule has 0 N–H and O–H groups in total. The Kier molecular flexibility index (Phi) is 6.53. The van der Waals surface area contributed by atoms with E-state index in [1.807, 2.05) is 30.3 Å². The second-order valence-corrected chi connectivity index (χ2v) is 10.1. The molecule has 0 unspecified atom stereocenters. The molecule has 1 aliphatic rings. The topological polar surface area (TPSA) is 3.24 Å². The molecule has 31 heavy (non-hydrogen) atoms. The number of alkyl halides is 3. The van der Waals surface area contributed by atoms with Crippen molar-refractivity contribution in [2.75, 3.05) is 13.1 Å². The Morgan fingerprint density at radius 3 is 2.00 bits per heavy atom. The molecule has 2 aromatic carbocycles. The van der Waals surface area contributed by atoms with E-state index in [2.05, 4.69) is 39.2 Å². The highest BCUT2D eigenvalue weighted by molar-refractivity contribution is 6.30. The first-order valence-corrected chi connectivity index (χ1v) is 11.1. The SMILES string of the molecule is C=C(N1CCC(C(C)(C)c2cccc(C(F)(F)F)c2)CC1)C(C)(C)c1ccc(Cl)cc1. The monoisotopic (exact) mass is 449 g/mol. The zero-order valence-electron chi connectivity index (χ0n) is 18.7. The summed E-state index contributed by atoms with van der Waals surface area (Å²) < 4.78 is 39.6. The normalized spacial score (nSPS) is 16.5. The maximum absolute atomic E-state index is 13.2. The number of benzene rings is 2. The van der Waals surface area contributed by atoms with E-state index in [0.29, 0.717) is 10.9 Å². The van der Waals surface area contributed by atoms with Crippen molar-refractivity contribution in [2.45, 2.75) is 57.5 Å². The number of piperidine rings is 1. The van der Waals surface area contributed by atoms with Gasteiger partial charge in [-0.3, -0.25) is 0 Å². The molecule has 0 atom stereocenters. The van der Waals surface area contributed by atoms with Crippen LogP contribution in [0.1, 0.15) is 57.2 Å². The summed E-state index contributed by atoms with van der Waals surface area (Å²) in [5, 5.41) is 0.711. The van der Waals surface area contributed by atoms with Gasteiger partial charge in [0.2, 0.25) is 0 Å². The van der Waals surface area contributed by atoms with Gasteiger partial charge in [-0.05, 0) is 53.5 Å². The van der Waals surface area contributed by atoms with Gasteiger partial charge in [-0.2, -0.15) is 13.2 Å². The first kappa shape index (κ1) is 23.7. The van der Waals surface area contributed by atoms with Gasteiger partial charge in [-0.15, -0.1) is 0 Å². The van der Waals surface area contributed by atoms with Crippen molar-refractivity contribution in [3.63, 3.8) is 0 Å². The highest BCUT2D eigenvalue weighted by Crippen LogP contribution is 2.42. The van der Waals surface area contributed by atoms with E-state index in [0.717, 1.165) is 48.8 Å². The summed E-state index contributed by atoms with van der Waals surface area (Å²) >= 11 is 6.04.